The molecule has 2 N–H and O–H groups in total. The highest BCUT2D eigenvalue weighted by Gasteiger charge is 2.38. The number of halogens is 4. The van der Waals surface area contributed by atoms with Crippen molar-refractivity contribution < 1.29 is 37.5 Å². The number of carbonyl (C=O) groups excluding carboxylic acids is 3. The van der Waals surface area contributed by atoms with Crippen molar-refractivity contribution in [2.45, 2.75) is 19.1 Å². The third-order valence-electron chi connectivity index (χ3n) is 5.65. The number of nitrogens with zero attached hydrogens (tertiary/aromatic N) is 3. The predicted molar refractivity (Wildman–Crippen MR) is 140 cm³/mol. The average molecular weight is 577 g/mol. The van der Waals surface area contributed by atoms with E-state index < -0.39 is 12.1 Å². The fourth-order valence-electron chi connectivity index (χ4n) is 3.74. The molecule has 0 spiro atoms. The van der Waals surface area contributed by atoms with Gasteiger partial charge in [0, 0.05) is 41.8 Å². The molecule has 9 nitrogen and oxygen atoms in total. The molecule has 3 aromatic rings. The SMILES string of the molecule is O=C(CN1C(=O)CN(C(=O)c2ccc(Cl)cc2)Cc2ccccc21)NCCc1cccnc1.O=C(O)C(F)(F)F. The first-order chi connectivity index (χ1) is 19.0. The van der Waals surface area contributed by atoms with Crippen LogP contribution in [0.4, 0.5) is 18.9 Å². The minimum absolute atomic E-state index is 0.119. The Morgan fingerprint density at radius 1 is 1.00 bits per heavy atom. The van der Waals surface area contributed by atoms with Crippen molar-refractivity contribution >= 4 is 41.0 Å². The van der Waals surface area contributed by atoms with Crippen LogP contribution in [-0.2, 0) is 27.3 Å². The van der Waals surface area contributed by atoms with Gasteiger partial charge in [0.15, 0.2) is 0 Å². The lowest BCUT2D eigenvalue weighted by molar-refractivity contribution is -0.192. The summed E-state index contributed by atoms with van der Waals surface area (Å²) in [6.07, 6.45) is -0.980. The Labute approximate surface area is 232 Å². The molecule has 0 fully saturated rings. The van der Waals surface area contributed by atoms with E-state index in [1.807, 2.05) is 30.3 Å². The number of para-hydroxylation sites is 1. The lowest BCUT2D eigenvalue weighted by Gasteiger charge is -2.22. The number of anilines is 1. The monoisotopic (exact) mass is 576 g/mol. The van der Waals surface area contributed by atoms with Crippen molar-refractivity contribution in [1.29, 1.82) is 0 Å². The summed E-state index contributed by atoms with van der Waals surface area (Å²) < 4.78 is 31.7. The summed E-state index contributed by atoms with van der Waals surface area (Å²) in [5, 5.41) is 10.5. The number of pyridine rings is 1. The summed E-state index contributed by atoms with van der Waals surface area (Å²) >= 11 is 5.93. The molecule has 0 atom stereocenters. The number of hydrogen-bond acceptors (Lipinski definition) is 5. The molecule has 3 amide bonds. The standard InChI is InChI=1S/C25H23ClN4O3.C2HF3O2/c26-21-9-7-19(8-10-21)25(33)29-15-20-5-1-2-6-22(20)30(24(32)17-29)16-23(31)28-13-11-18-4-3-12-27-14-18;3-2(4,5)1(6)7/h1-10,12,14H,11,13,15-17H2,(H,28,31);(H,6,7). The maximum Gasteiger partial charge on any atom is 0.490 e. The fraction of sp³-hybridized carbons (Fsp3) is 0.222. The first-order valence-corrected chi connectivity index (χ1v) is 12.2. The van der Waals surface area contributed by atoms with Gasteiger partial charge in [0.1, 0.15) is 13.1 Å². The Morgan fingerprint density at radius 2 is 1.68 bits per heavy atom. The van der Waals surface area contributed by atoms with Crippen LogP contribution in [0.2, 0.25) is 5.02 Å². The van der Waals surface area contributed by atoms with E-state index in [-0.39, 0.29) is 37.4 Å². The third kappa shape index (κ3) is 8.53. The van der Waals surface area contributed by atoms with Crippen molar-refractivity contribution in [2.24, 2.45) is 0 Å². The zero-order valence-electron chi connectivity index (χ0n) is 20.9. The molecular weight excluding hydrogens is 553 g/mol. The fourth-order valence-corrected chi connectivity index (χ4v) is 3.86. The van der Waals surface area contributed by atoms with E-state index in [2.05, 4.69) is 10.3 Å². The van der Waals surface area contributed by atoms with E-state index in [9.17, 15) is 27.6 Å². The van der Waals surface area contributed by atoms with Crippen LogP contribution in [0.25, 0.3) is 0 Å². The number of aliphatic carboxylic acids is 1. The molecule has 1 aliphatic heterocycles. The Hall–Kier alpha value is -4.45. The molecule has 0 saturated carbocycles. The van der Waals surface area contributed by atoms with Gasteiger partial charge in [0.05, 0.1) is 0 Å². The second-order valence-electron chi connectivity index (χ2n) is 8.54. The third-order valence-corrected chi connectivity index (χ3v) is 5.90. The average Bonchev–Trinajstić information content (AvgIpc) is 3.05. The molecule has 0 saturated heterocycles. The van der Waals surface area contributed by atoms with Gasteiger partial charge < -0.3 is 20.2 Å². The highest BCUT2D eigenvalue weighted by Crippen LogP contribution is 2.26. The number of carbonyl (C=O) groups is 4. The normalized spacial score (nSPS) is 12.9. The molecule has 1 aromatic heterocycles. The van der Waals surface area contributed by atoms with Crippen molar-refractivity contribution in [2.75, 3.05) is 24.5 Å². The van der Waals surface area contributed by atoms with Gasteiger partial charge in [0.2, 0.25) is 11.8 Å². The minimum atomic E-state index is -5.08. The summed E-state index contributed by atoms with van der Waals surface area (Å²) in [6.45, 7) is 0.461. The first-order valence-electron chi connectivity index (χ1n) is 11.8. The molecule has 0 unspecified atom stereocenters. The lowest BCUT2D eigenvalue weighted by atomic mass is 10.1. The van der Waals surface area contributed by atoms with E-state index in [0.717, 1.165) is 11.1 Å². The number of rotatable bonds is 6. The van der Waals surface area contributed by atoms with Crippen LogP contribution < -0.4 is 10.2 Å². The van der Waals surface area contributed by atoms with E-state index in [0.29, 0.717) is 29.2 Å². The van der Waals surface area contributed by atoms with E-state index >= 15 is 0 Å². The first kappa shape index (κ1) is 30.1. The number of hydrogen-bond donors (Lipinski definition) is 2. The molecule has 4 rings (SSSR count). The highest BCUT2D eigenvalue weighted by atomic mass is 35.5. The molecule has 13 heteroatoms. The molecule has 40 heavy (non-hydrogen) atoms. The number of nitrogens with one attached hydrogen (secondary N) is 1. The molecule has 2 heterocycles. The molecule has 1 aliphatic rings. The van der Waals surface area contributed by atoms with E-state index in [4.69, 9.17) is 21.5 Å². The largest absolute Gasteiger partial charge is 0.490 e. The van der Waals surface area contributed by atoms with Crippen molar-refractivity contribution in [3.63, 3.8) is 0 Å². The number of carboxylic acids is 1. The van der Waals surface area contributed by atoms with Crippen molar-refractivity contribution in [3.8, 4) is 0 Å². The quantitative estimate of drug-likeness (QED) is 0.462. The number of amides is 3. The number of alkyl halides is 3. The second kappa shape index (κ2) is 13.6. The zero-order valence-corrected chi connectivity index (χ0v) is 21.7. The van der Waals surface area contributed by atoms with Crippen LogP contribution in [0, 0.1) is 0 Å². The number of aromatic nitrogens is 1. The number of benzene rings is 2. The summed E-state index contributed by atoms with van der Waals surface area (Å²) in [5.74, 6) is -3.60. The van der Waals surface area contributed by atoms with Crippen LogP contribution in [0.15, 0.2) is 73.1 Å². The smallest absolute Gasteiger partial charge is 0.475 e. The number of carboxylic acid groups (broad SMARTS) is 1. The van der Waals surface area contributed by atoms with Crippen LogP contribution in [0.1, 0.15) is 21.5 Å². The lowest BCUT2D eigenvalue weighted by Crippen LogP contribution is -2.44. The number of fused-ring (bicyclic) bond motifs is 1. The van der Waals surface area contributed by atoms with Crippen LogP contribution in [0.5, 0.6) is 0 Å². The van der Waals surface area contributed by atoms with E-state index in [1.165, 1.54) is 9.80 Å². The van der Waals surface area contributed by atoms with Crippen LogP contribution >= 0.6 is 11.6 Å². The summed E-state index contributed by atoms with van der Waals surface area (Å²) in [7, 11) is 0. The summed E-state index contributed by atoms with van der Waals surface area (Å²) in [5.41, 5.74) is 2.90. The van der Waals surface area contributed by atoms with Gasteiger partial charge in [-0.1, -0.05) is 35.9 Å². The Kier molecular flexibility index (Phi) is 10.2. The second-order valence-corrected chi connectivity index (χ2v) is 8.98. The Bertz CT molecular complexity index is 1350. The molecule has 0 bridgehead atoms. The Balaban J connectivity index is 0.000000559. The van der Waals surface area contributed by atoms with Crippen molar-refractivity contribution in [1.82, 2.24) is 15.2 Å². The molecule has 2 aromatic carbocycles. The summed E-state index contributed by atoms with van der Waals surface area (Å²) in [4.78, 5) is 54.7. The zero-order chi connectivity index (χ0) is 29.3. The molecule has 0 radical (unpaired) electrons. The highest BCUT2D eigenvalue weighted by molar-refractivity contribution is 6.30. The molecule has 0 aliphatic carbocycles. The van der Waals surface area contributed by atoms with Gasteiger partial charge in [-0.25, -0.2) is 4.79 Å². The molecular formula is C27H24ClF3N4O5. The van der Waals surface area contributed by atoms with Gasteiger partial charge in [-0.05, 0) is 53.9 Å². The maximum atomic E-state index is 13.1. The van der Waals surface area contributed by atoms with Crippen molar-refractivity contribution in [3.05, 3.63) is 94.8 Å². The topological polar surface area (TPSA) is 120 Å². The molecule has 210 valence electrons. The van der Waals surface area contributed by atoms with Gasteiger partial charge in [-0.2, -0.15) is 13.2 Å². The van der Waals surface area contributed by atoms with Crippen LogP contribution in [0.3, 0.4) is 0 Å². The van der Waals surface area contributed by atoms with E-state index in [1.54, 1.807) is 42.7 Å². The van der Waals surface area contributed by atoms with Gasteiger partial charge in [-0.15, -0.1) is 0 Å². The van der Waals surface area contributed by atoms with Gasteiger partial charge in [0.25, 0.3) is 5.91 Å². The predicted octanol–water partition coefficient (Wildman–Crippen LogP) is 3.72. The summed E-state index contributed by atoms with van der Waals surface area (Å²) in [6, 6.07) is 17.7. The maximum absolute atomic E-state index is 13.1. The minimum Gasteiger partial charge on any atom is -0.475 e. The van der Waals surface area contributed by atoms with Crippen LogP contribution in [-0.4, -0.2) is 64.5 Å². The Morgan fingerprint density at radius 3 is 2.30 bits per heavy atom. The van der Waals surface area contributed by atoms with Gasteiger partial charge >= 0.3 is 12.1 Å². The van der Waals surface area contributed by atoms with Gasteiger partial charge in [-0.3, -0.25) is 19.4 Å².